The van der Waals surface area contributed by atoms with Crippen molar-refractivity contribution in [1.29, 1.82) is 0 Å². The number of hydrogen-bond acceptors (Lipinski definition) is 4. The second kappa shape index (κ2) is 15.0. The summed E-state index contributed by atoms with van der Waals surface area (Å²) in [5.41, 5.74) is 4.79. The van der Waals surface area contributed by atoms with E-state index in [1.54, 1.807) is 36.4 Å². The Labute approximate surface area is 268 Å². The summed E-state index contributed by atoms with van der Waals surface area (Å²) in [4.78, 5) is 30.1. The van der Waals surface area contributed by atoms with Crippen molar-refractivity contribution >= 4 is 27.5 Å². The Hall–Kier alpha value is -4.43. The number of nitrogens with one attached hydrogen (secondary N) is 1. The van der Waals surface area contributed by atoms with E-state index in [1.807, 2.05) is 101 Å². The maximum Gasteiger partial charge on any atom is 0.264 e. The second-order valence-electron chi connectivity index (χ2n) is 11.7. The van der Waals surface area contributed by atoms with Crippen LogP contribution in [0.3, 0.4) is 0 Å². The molecule has 4 aromatic rings. The monoisotopic (exact) mass is 625 g/mol. The molecule has 1 N–H and O–H groups in total. The van der Waals surface area contributed by atoms with E-state index in [-0.39, 0.29) is 29.8 Å². The van der Waals surface area contributed by atoms with Gasteiger partial charge in [0.25, 0.3) is 10.0 Å². The quantitative estimate of drug-likeness (QED) is 0.187. The molecule has 2 amide bonds. The molecular weight excluding hydrogens is 582 g/mol. The molecule has 0 aliphatic heterocycles. The van der Waals surface area contributed by atoms with Crippen LogP contribution in [0.4, 0.5) is 5.69 Å². The molecule has 0 radical (unpaired) electrons. The van der Waals surface area contributed by atoms with Gasteiger partial charge in [-0.25, -0.2) is 8.42 Å². The van der Waals surface area contributed by atoms with Gasteiger partial charge in [0.2, 0.25) is 11.8 Å². The molecule has 4 rings (SSSR count). The Bertz CT molecular complexity index is 1670. The molecule has 0 saturated carbocycles. The molecule has 4 aromatic carbocycles. The van der Waals surface area contributed by atoms with Crippen LogP contribution >= 0.6 is 0 Å². The molecule has 2 atom stereocenters. The summed E-state index contributed by atoms with van der Waals surface area (Å²) in [7, 11) is -4.15. The fourth-order valence-corrected chi connectivity index (χ4v) is 6.63. The smallest absolute Gasteiger partial charge is 0.264 e. The number of aryl methyl sites for hydroxylation is 3. The number of rotatable bonds is 13. The second-order valence-corrected chi connectivity index (χ2v) is 13.6. The number of benzene rings is 4. The van der Waals surface area contributed by atoms with Gasteiger partial charge >= 0.3 is 0 Å². The predicted octanol–water partition coefficient (Wildman–Crippen LogP) is 6.36. The van der Waals surface area contributed by atoms with Crippen LogP contribution in [0.1, 0.15) is 48.1 Å². The van der Waals surface area contributed by atoms with Crippen LogP contribution in [0.5, 0.6) is 0 Å². The van der Waals surface area contributed by atoms with E-state index in [1.165, 1.54) is 9.21 Å². The van der Waals surface area contributed by atoms with E-state index in [2.05, 4.69) is 5.32 Å². The number of anilines is 1. The SMILES string of the molecule is CC[C@H](C)NC(=O)[C@@H](Cc1ccccc1)N(Cc1ccccc1)C(=O)CN(c1cc(C)cc(C)c1)S(=O)(=O)c1ccc(C)cc1. The molecule has 7 nitrogen and oxygen atoms in total. The van der Waals surface area contributed by atoms with Crippen LogP contribution < -0.4 is 9.62 Å². The fourth-order valence-electron chi connectivity index (χ4n) is 5.24. The highest BCUT2D eigenvalue weighted by Gasteiger charge is 2.35. The molecule has 0 aliphatic rings. The van der Waals surface area contributed by atoms with Crippen LogP contribution in [-0.4, -0.2) is 43.8 Å². The van der Waals surface area contributed by atoms with Gasteiger partial charge in [-0.1, -0.05) is 91.3 Å². The van der Waals surface area contributed by atoms with Crippen molar-refractivity contribution in [1.82, 2.24) is 10.2 Å². The summed E-state index contributed by atoms with van der Waals surface area (Å²) in [5.74, 6) is -0.759. The third-order valence-electron chi connectivity index (χ3n) is 7.85. The third-order valence-corrected chi connectivity index (χ3v) is 9.64. The van der Waals surface area contributed by atoms with Crippen molar-refractivity contribution < 1.29 is 18.0 Å². The Morgan fingerprint density at radius 3 is 1.87 bits per heavy atom. The average Bonchev–Trinajstić information content (AvgIpc) is 3.02. The van der Waals surface area contributed by atoms with Crippen molar-refractivity contribution in [2.75, 3.05) is 10.8 Å². The van der Waals surface area contributed by atoms with E-state index in [4.69, 9.17) is 0 Å². The topological polar surface area (TPSA) is 86.8 Å². The number of carbonyl (C=O) groups excluding carboxylic acids is 2. The first-order chi connectivity index (χ1) is 21.5. The lowest BCUT2D eigenvalue weighted by molar-refractivity contribution is -0.140. The molecular formula is C37H43N3O4S. The zero-order chi connectivity index (χ0) is 32.6. The lowest BCUT2D eigenvalue weighted by atomic mass is 10.0. The molecule has 0 bridgehead atoms. The first-order valence-electron chi connectivity index (χ1n) is 15.3. The minimum Gasteiger partial charge on any atom is -0.352 e. The lowest BCUT2D eigenvalue weighted by Gasteiger charge is -2.34. The molecule has 0 saturated heterocycles. The van der Waals surface area contributed by atoms with Gasteiger partial charge in [0.1, 0.15) is 12.6 Å². The zero-order valence-electron chi connectivity index (χ0n) is 26.7. The molecule has 236 valence electrons. The van der Waals surface area contributed by atoms with Gasteiger partial charge in [0, 0.05) is 19.0 Å². The molecule has 0 heterocycles. The number of sulfonamides is 1. The lowest BCUT2D eigenvalue weighted by Crippen LogP contribution is -2.54. The van der Waals surface area contributed by atoms with Crippen molar-refractivity contribution in [2.45, 2.75) is 71.0 Å². The number of nitrogens with zero attached hydrogens (tertiary/aromatic N) is 2. The number of amides is 2. The van der Waals surface area contributed by atoms with Crippen LogP contribution in [0.25, 0.3) is 0 Å². The van der Waals surface area contributed by atoms with Gasteiger partial charge in [0.05, 0.1) is 10.6 Å². The number of carbonyl (C=O) groups is 2. The summed E-state index contributed by atoms with van der Waals surface area (Å²) in [6.07, 6.45) is 1.00. The van der Waals surface area contributed by atoms with Gasteiger partial charge in [-0.15, -0.1) is 0 Å². The Morgan fingerprint density at radius 2 is 1.31 bits per heavy atom. The summed E-state index contributed by atoms with van der Waals surface area (Å²) in [5, 5.41) is 3.07. The highest BCUT2D eigenvalue weighted by molar-refractivity contribution is 7.92. The van der Waals surface area contributed by atoms with Crippen LogP contribution in [0.15, 0.2) is 108 Å². The van der Waals surface area contributed by atoms with Gasteiger partial charge in [-0.05, 0) is 80.6 Å². The van der Waals surface area contributed by atoms with Crippen molar-refractivity contribution in [3.8, 4) is 0 Å². The van der Waals surface area contributed by atoms with Crippen molar-refractivity contribution in [2.24, 2.45) is 0 Å². The highest BCUT2D eigenvalue weighted by atomic mass is 32.2. The average molecular weight is 626 g/mol. The summed E-state index contributed by atoms with van der Waals surface area (Å²) < 4.78 is 29.6. The van der Waals surface area contributed by atoms with Crippen LogP contribution in [0, 0.1) is 20.8 Å². The largest absolute Gasteiger partial charge is 0.352 e. The van der Waals surface area contributed by atoms with E-state index in [0.29, 0.717) is 5.69 Å². The summed E-state index contributed by atoms with van der Waals surface area (Å²) in [6.45, 7) is 9.25. The maximum atomic E-state index is 14.6. The molecule has 8 heteroatoms. The molecule has 45 heavy (non-hydrogen) atoms. The molecule has 0 aliphatic carbocycles. The molecule has 0 unspecified atom stereocenters. The zero-order valence-corrected chi connectivity index (χ0v) is 27.6. The standard InChI is InChI=1S/C37H43N3O4S/c1-6-30(5)38-37(42)35(24-31-13-9-7-10-14-31)39(25-32-15-11-8-12-16-32)36(41)26-40(33-22-28(3)21-29(4)23-33)45(43,44)34-19-17-27(2)18-20-34/h7-23,30,35H,6,24-26H2,1-5H3,(H,38,42)/t30-,35+/m0/s1. The number of hydrogen-bond donors (Lipinski definition) is 1. The normalized spacial score (nSPS) is 12.6. The Morgan fingerprint density at radius 1 is 0.756 bits per heavy atom. The van der Waals surface area contributed by atoms with E-state index in [9.17, 15) is 18.0 Å². The van der Waals surface area contributed by atoms with E-state index in [0.717, 1.165) is 34.2 Å². The van der Waals surface area contributed by atoms with Gasteiger partial charge in [-0.3, -0.25) is 13.9 Å². The molecule has 0 fully saturated rings. The van der Waals surface area contributed by atoms with Crippen molar-refractivity contribution in [3.63, 3.8) is 0 Å². The highest BCUT2D eigenvalue weighted by Crippen LogP contribution is 2.27. The molecule has 0 aromatic heterocycles. The van der Waals surface area contributed by atoms with E-state index < -0.39 is 28.5 Å². The Kier molecular flexibility index (Phi) is 11.2. The third kappa shape index (κ3) is 8.82. The van der Waals surface area contributed by atoms with Crippen molar-refractivity contribution in [3.05, 3.63) is 131 Å². The fraction of sp³-hybridized carbons (Fsp3) is 0.297. The Balaban J connectivity index is 1.82. The van der Waals surface area contributed by atoms with Gasteiger partial charge in [0.15, 0.2) is 0 Å². The maximum absolute atomic E-state index is 14.6. The predicted molar refractivity (Wildman–Crippen MR) is 180 cm³/mol. The van der Waals surface area contributed by atoms with E-state index >= 15 is 0 Å². The van der Waals surface area contributed by atoms with Gasteiger partial charge in [-0.2, -0.15) is 0 Å². The van der Waals surface area contributed by atoms with Crippen LogP contribution in [0.2, 0.25) is 0 Å². The minimum atomic E-state index is -4.15. The summed E-state index contributed by atoms with van der Waals surface area (Å²) >= 11 is 0. The first-order valence-corrected chi connectivity index (χ1v) is 16.8. The van der Waals surface area contributed by atoms with Gasteiger partial charge < -0.3 is 10.2 Å². The first kappa shape index (κ1) is 33.5. The van der Waals surface area contributed by atoms with Crippen LogP contribution in [-0.2, 0) is 32.6 Å². The summed E-state index contributed by atoms with van der Waals surface area (Å²) in [6, 6.07) is 30.1. The minimum absolute atomic E-state index is 0.0880. The molecule has 0 spiro atoms.